The highest BCUT2D eigenvalue weighted by Gasteiger charge is 2.21. The maximum Gasteiger partial charge on any atom is 0.273 e. The monoisotopic (exact) mass is 299 g/mol. The molecule has 7 heteroatoms. The zero-order chi connectivity index (χ0) is 13.8. The molecule has 0 atom stereocenters. The number of aryl methyl sites for hydroxylation is 1. The van der Waals surface area contributed by atoms with Gasteiger partial charge in [-0.2, -0.15) is 0 Å². The molecule has 1 aliphatic heterocycles. The molecule has 20 heavy (non-hydrogen) atoms. The van der Waals surface area contributed by atoms with Crippen molar-refractivity contribution in [3.8, 4) is 0 Å². The fourth-order valence-electron chi connectivity index (χ4n) is 2.22. The molecule has 0 radical (unpaired) electrons. The van der Waals surface area contributed by atoms with Crippen LogP contribution in [0.25, 0.3) is 0 Å². The van der Waals surface area contributed by atoms with Crippen molar-refractivity contribution in [3.05, 3.63) is 39.4 Å². The molecular weight excluding hydrogens is 282 g/mol. The third kappa shape index (κ3) is 3.46. The lowest BCUT2D eigenvalue weighted by molar-refractivity contribution is -0.385. The van der Waals surface area contributed by atoms with Crippen LogP contribution in [0.1, 0.15) is 22.8 Å². The molecule has 110 valence electrons. The number of piperazine rings is 1. The zero-order valence-corrected chi connectivity index (χ0v) is 12.1. The van der Waals surface area contributed by atoms with E-state index in [1.54, 1.807) is 17.0 Å². The minimum absolute atomic E-state index is 0. The Morgan fingerprint density at radius 3 is 2.60 bits per heavy atom. The number of halogens is 1. The Kier molecular flexibility index (Phi) is 5.91. The molecule has 0 unspecified atom stereocenters. The average molecular weight is 300 g/mol. The standard InChI is InChI=1S/C13H17N3O3.ClH/c1-2-10-3-4-11(9-12(10)16(18)19)13(17)15-7-5-14-6-8-15;/h3-4,9,14H,2,5-8H2,1H3;1H. The van der Waals surface area contributed by atoms with E-state index >= 15 is 0 Å². The number of benzene rings is 1. The van der Waals surface area contributed by atoms with E-state index in [0.717, 1.165) is 13.1 Å². The van der Waals surface area contributed by atoms with Crippen LogP contribution in [0, 0.1) is 10.1 Å². The van der Waals surface area contributed by atoms with E-state index in [9.17, 15) is 14.9 Å². The minimum Gasteiger partial charge on any atom is -0.336 e. The van der Waals surface area contributed by atoms with Gasteiger partial charge in [-0.05, 0) is 12.5 Å². The average Bonchev–Trinajstić information content (AvgIpc) is 2.46. The van der Waals surface area contributed by atoms with Gasteiger partial charge >= 0.3 is 0 Å². The van der Waals surface area contributed by atoms with Gasteiger partial charge in [-0.15, -0.1) is 12.4 Å². The van der Waals surface area contributed by atoms with Gasteiger partial charge in [0.15, 0.2) is 0 Å². The molecule has 2 rings (SSSR count). The van der Waals surface area contributed by atoms with Crippen LogP contribution in [0.5, 0.6) is 0 Å². The smallest absolute Gasteiger partial charge is 0.273 e. The van der Waals surface area contributed by atoms with Crippen molar-refractivity contribution in [1.29, 1.82) is 0 Å². The molecule has 1 heterocycles. The molecule has 1 saturated heterocycles. The molecular formula is C13H18ClN3O3. The Morgan fingerprint density at radius 2 is 2.05 bits per heavy atom. The maximum absolute atomic E-state index is 12.2. The molecule has 1 aromatic carbocycles. The quantitative estimate of drug-likeness (QED) is 0.680. The van der Waals surface area contributed by atoms with E-state index in [2.05, 4.69) is 5.32 Å². The van der Waals surface area contributed by atoms with Crippen LogP contribution >= 0.6 is 12.4 Å². The Morgan fingerprint density at radius 1 is 1.40 bits per heavy atom. The topological polar surface area (TPSA) is 75.5 Å². The van der Waals surface area contributed by atoms with E-state index < -0.39 is 4.92 Å². The van der Waals surface area contributed by atoms with E-state index in [4.69, 9.17) is 0 Å². The van der Waals surface area contributed by atoms with Gasteiger partial charge in [0.05, 0.1) is 4.92 Å². The number of nitro groups is 1. The Labute approximate surface area is 123 Å². The summed E-state index contributed by atoms with van der Waals surface area (Å²) < 4.78 is 0. The number of amides is 1. The van der Waals surface area contributed by atoms with E-state index in [-0.39, 0.29) is 24.0 Å². The molecule has 6 nitrogen and oxygen atoms in total. The number of rotatable bonds is 3. The van der Waals surface area contributed by atoms with Crippen LogP contribution < -0.4 is 5.32 Å². The first-order valence-corrected chi connectivity index (χ1v) is 6.40. The van der Waals surface area contributed by atoms with Crippen molar-refractivity contribution in [1.82, 2.24) is 10.2 Å². The van der Waals surface area contributed by atoms with Crippen LogP contribution in [-0.2, 0) is 6.42 Å². The van der Waals surface area contributed by atoms with Gasteiger partial charge in [0.2, 0.25) is 0 Å². The number of carbonyl (C=O) groups is 1. The van der Waals surface area contributed by atoms with Gasteiger partial charge in [0, 0.05) is 43.4 Å². The van der Waals surface area contributed by atoms with Crippen molar-refractivity contribution in [2.45, 2.75) is 13.3 Å². The highest BCUT2D eigenvalue weighted by atomic mass is 35.5. The molecule has 0 bridgehead atoms. The molecule has 0 spiro atoms. The number of nitro benzene ring substituents is 1. The Hall–Kier alpha value is -1.66. The van der Waals surface area contributed by atoms with Crippen LogP contribution in [0.3, 0.4) is 0 Å². The predicted octanol–water partition coefficient (Wildman–Crippen LogP) is 1.62. The summed E-state index contributed by atoms with van der Waals surface area (Å²) in [5.41, 5.74) is 1.08. The van der Waals surface area contributed by atoms with Gasteiger partial charge in [0.1, 0.15) is 0 Å². The number of nitrogens with one attached hydrogen (secondary N) is 1. The lowest BCUT2D eigenvalue weighted by Gasteiger charge is -2.27. The fourth-order valence-corrected chi connectivity index (χ4v) is 2.22. The van der Waals surface area contributed by atoms with Crippen LogP contribution in [0.15, 0.2) is 18.2 Å². The fraction of sp³-hybridized carbons (Fsp3) is 0.462. The van der Waals surface area contributed by atoms with Crippen molar-refractivity contribution in [2.75, 3.05) is 26.2 Å². The molecule has 0 aliphatic carbocycles. The first-order chi connectivity index (χ1) is 9.13. The third-order valence-corrected chi connectivity index (χ3v) is 3.31. The van der Waals surface area contributed by atoms with E-state index in [1.165, 1.54) is 6.07 Å². The highest BCUT2D eigenvalue weighted by Crippen LogP contribution is 2.21. The van der Waals surface area contributed by atoms with Crippen molar-refractivity contribution < 1.29 is 9.72 Å². The SMILES string of the molecule is CCc1ccc(C(=O)N2CCNCC2)cc1[N+](=O)[O-].Cl. The number of nitrogens with zero attached hydrogens (tertiary/aromatic N) is 2. The van der Waals surface area contributed by atoms with Gasteiger partial charge in [-0.1, -0.05) is 13.0 Å². The van der Waals surface area contributed by atoms with Gasteiger partial charge in [0.25, 0.3) is 11.6 Å². The maximum atomic E-state index is 12.2. The third-order valence-electron chi connectivity index (χ3n) is 3.31. The van der Waals surface area contributed by atoms with Crippen LogP contribution in [-0.4, -0.2) is 41.9 Å². The number of hydrogen-bond acceptors (Lipinski definition) is 4. The summed E-state index contributed by atoms with van der Waals surface area (Å²) in [6.07, 6.45) is 0.582. The summed E-state index contributed by atoms with van der Waals surface area (Å²) >= 11 is 0. The second-order valence-electron chi connectivity index (χ2n) is 4.50. The summed E-state index contributed by atoms with van der Waals surface area (Å²) in [5.74, 6) is -0.132. The summed E-state index contributed by atoms with van der Waals surface area (Å²) in [4.78, 5) is 24.6. The van der Waals surface area contributed by atoms with Gasteiger partial charge in [-0.3, -0.25) is 14.9 Å². The Balaban J connectivity index is 0.00000200. The zero-order valence-electron chi connectivity index (χ0n) is 11.3. The first-order valence-electron chi connectivity index (χ1n) is 6.40. The second kappa shape index (κ2) is 7.21. The molecule has 1 aliphatic rings. The summed E-state index contributed by atoms with van der Waals surface area (Å²) in [7, 11) is 0. The van der Waals surface area contributed by atoms with Gasteiger partial charge < -0.3 is 10.2 Å². The molecule has 1 aromatic rings. The summed E-state index contributed by atoms with van der Waals surface area (Å²) in [6, 6.07) is 4.74. The van der Waals surface area contributed by atoms with Crippen LogP contribution in [0.2, 0.25) is 0 Å². The van der Waals surface area contributed by atoms with Gasteiger partial charge in [-0.25, -0.2) is 0 Å². The summed E-state index contributed by atoms with van der Waals surface area (Å²) in [5, 5.41) is 14.2. The summed E-state index contributed by atoms with van der Waals surface area (Å²) in [6.45, 7) is 4.67. The molecule has 1 amide bonds. The second-order valence-corrected chi connectivity index (χ2v) is 4.50. The van der Waals surface area contributed by atoms with Crippen LogP contribution in [0.4, 0.5) is 5.69 Å². The minimum atomic E-state index is -0.423. The lowest BCUT2D eigenvalue weighted by Crippen LogP contribution is -2.46. The van der Waals surface area contributed by atoms with Crippen molar-refractivity contribution >= 4 is 24.0 Å². The van der Waals surface area contributed by atoms with E-state index in [0.29, 0.717) is 30.6 Å². The highest BCUT2D eigenvalue weighted by molar-refractivity contribution is 5.95. The molecule has 1 fully saturated rings. The van der Waals surface area contributed by atoms with Crippen molar-refractivity contribution in [2.24, 2.45) is 0 Å². The first kappa shape index (κ1) is 16.4. The molecule has 1 N–H and O–H groups in total. The van der Waals surface area contributed by atoms with Crippen molar-refractivity contribution in [3.63, 3.8) is 0 Å². The lowest BCUT2D eigenvalue weighted by atomic mass is 10.1. The number of carbonyl (C=O) groups excluding carboxylic acids is 1. The Bertz CT molecular complexity index is 502. The molecule has 0 saturated carbocycles. The number of hydrogen-bond donors (Lipinski definition) is 1. The van der Waals surface area contributed by atoms with E-state index in [1.807, 2.05) is 6.92 Å². The predicted molar refractivity (Wildman–Crippen MR) is 78.5 cm³/mol. The largest absolute Gasteiger partial charge is 0.336 e. The molecule has 0 aromatic heterocycles. The normalized spacial score (nSPS) is 14.6.